The Labute approximate surface area is 168 Å². The number of aromatic nitrogens is 2. The van der Waals surface area contributed by atoms with E-state index < -0.39 is 17.2 Å². The normalized spacial score (nSPS) is 15.7. The van der Waals surface area contributed by atoms with Gasteiger partial charge in [-0.15, -0.1) is 0 Å². The third kappa shape index (κ3) is 4.55. The first-order valence-corrected chi connectivity index (χ1v) is 10.5. The van der Waals surface area contributed by atoms with Gasteiger partial charge < -0.3 is 5.32 Å². The van der Waals surface area contributed by atoms with Gasteiger partial charge in [-0.3, -0.25) is 19.5 Å². The molecule has 2 aromatic rings. The highest BCUT2D eigenvalue weighted by Crippen LogP contribution is 2.33. The van der Waals surface area contributed by atoms with Crippen LogP contribution in [0.2, 0.25) is 0 Å². The molecule has 3 rings (SSSR count). The summed E-state index contributed by atoms with van der Waals surface area (Å²) in [6.45, 7) is 5.35. The lowest BCUT2D eigenvalue weighted by Gasteiger charge is -2.20. The maximum atomic E-state index is 13.1. The number of hydrogen-bond donors (Lipinski definition) is 2. The van der Waals surface area contributed by atoms with Gasteiger partial charge in [-0.05, 0) is 45.7 Å². The zero-order chi connectivity index (χ0) is 20.3. The molecule has 0 aliphatic heterocycles. The van der Waals surface area contributed by atoms with E-state index in [4.69, 9.17) is 0 Å². The third-order valence-electron chi connectivity index (χ3n) is 4.77. The van der Waals surface area contributed by atoms with E-state index in [9.17, 15) is 14.4 Å². The topological polar surface area (TPSA) is 93.1 Å². The molecule has 7 nitrogen and oxygen atoms in total. The van der Waals surface area contributed by atoms with Gasteiger partial charge in [-0.25, -0.2) is 9.78 Å². The summed E-state index contributed by atoms with van der Waals surface area (Å²) in [6.07, 6.45) is 4.04. The second kappa shape index (κ2) is 8.77. The molecule has 1 atom stereocenters. The number of para-hydroxylation sites is 1. The van der Waals surface area contributed by atoms with Gasteiger partial charge in [-0.2, -0.15) is 0 Å². The summed E-state index contributed by atoms with van der Waals surface area (Å²) in [7, 11) is 0. The summed E-state index contributed by atoms with van der Waals surface area (Å²) >= 11 is 1.21. The molecular weight excluding hydrogens is 376 g/mol. The van der Waals surface area contributed by atoms with E-state index in [-0.39, 0.29) is 17.6 Å². The number of hydrogen-bond acceptors (Lipinski definition) is 5. The number of nitrogens with one attached hydrogen (secondary N) is 2. The first kappa shape index (κ1) is 20.4. The van der Waals surface area contributed by atoms with Crippen LogP contribution in [0.15, 0.2) is 34.2 Å². The van der Waals surface area contributed by atoms with Gasteiger partial charge in [0.25, 0.3) is 5.56 Å². The zero-order valence-corrected chi connectivity index (χ0v) is 17.2. The Bertz CT molecular complexity index is 935. The van der Waals surface area contributed by atoms with Crippen LogP contribution in [-0.4, -0.2) is 32.8 Å². The van der Waals surface area contributed by atoms with E-state index in [1.165, 1.54) is 11.8 Å². The lowest BCUT2D eigenvalue weighted by atomic mass is 10.2. The van der Waals surface area contributed by atoms with E-state index in [0.717, 1.165) is 25.7 Å². The van der Waals surface area contributed by atoms with Crippen molar-refractivity contribution in [2.45, 2.75) is 68.9 Å². The number of carbonyl (C=O) groups excluding carboxylic acids is 2. The van der Waals surface area contributed by atoms with Crippen LogP contribution in [-0.2, 0) is 4.79 Å². The minimum absolute atomic E-state index is 0.0644. The highest BCUT2D eigenvalue weighted by Gasteiger charge is 2.26. The number of nitrogens with zero attached hydrogens (tertiary/aromatic N) is 2. The molecule has 0 radical (unpaired) electrons. The summed E-state index contributed by atoms with van der Waals surface area (Å²) in [6, 6.07) is 6.79. The molecule has 0 spiro atoms. The summed E-state index contributed by atoms with van der Waals surface area (Å²) in [5, 5.41) is 5.53. The van der Waals surface area contributed by atoms with E-state index >= 15 is 0 Å². The van der Waals surface area contributed by atoms with E-state index in [2.05, 4.69) is 15.6 Å². The van der Waals surface area contributed by atoms with Crippen LogP contribution in [0.3, 0.4) is 0 Å². The van der Waals surface area contributed by atoms with Crippen LogP contribution in [0.5, 0.6) is 0 Å². The Kier molecular flexibility index (Phi) is 6.39. The van der Waals surface area contributed by atoms with Crippen molar-refractivity contribution in [2.75, 3.05) is 0 Å². The van der Waals surface area contributed by atoms with Crippen LogP contribution in [0, 0.1) is 0 Å². The Morgan fingerprint density at radius 1 is 1.18 bits per heavy atom. The molecule has 28 heavy (non-hydrogen) atoms. The molecule has 0 unspecified atom stereocenters. The van der Waals surface area contributed by atoms with Crippen LogP contribution in [0.1, 0.15) is 52.5 Å². The van der Waals surface area contributed by atoms with E-state index in [1.807, 2.05) is 26.0 Å². The largest absolute Gasteiger partial charge is 0.336 e. The molecule has 1 aromatic carbocycles. The van der Waals surface area contributed by atoms with Gasteiger partial charge in [0.2, 0.25) is 5.91 Å². The lowest BCUT2D eigenvalue weighted by molar-refractivity contribution is -0.119. The fraction of sp³-hybridized carbons (Fsp3) is 0.500. The first-order chi connectivity index (χ1) is 13.4. The number of urea groups is 1. The molecule has 3 amide bonds. The standard InChI is InChI=1S/C20H26N4O3S/c1-12(2)21-19(27)23-17(25)13(3)28-20-22-16-11-7-6-10-15(16)18(26)24(20)14-8-4-5-9-14/h6-7,10-14H,4-5,8-9H2,1-3H3,(H2,21,23,25,27)/t13-/m1/s1. The molecule has 2 N–H and O–H groups in total. The minimum atomic E-state index is -0.571. The lowest BCUT2D eigenvalue weighted by Crippen LogP contribution is -2.45. The molecule has 150 valence electrons. The van der Waals surface area contributed by atoms with Crippen molar-refractivity contribution in [1.82, 2.24) is 20.2 Å². The van der Waals surface area contributed by atoms with Gasteiger partial charge in [0.15, 0.2) is 5.16 Å². The smallest absolute Gasteiger partial charge is 0.321 e. The van der Waals surface area contributed by atoms with Gasteiger partial charge in [0.05, 0.1) is 16.2 Å². The molecule has 1 aliphatic carbocycles. The van der Waals surface area contributed by atoms with Crippen molar-refractivity contribution < 1.29 is 9.59 Å². The molecular formula is C20H26N4O3S. The summed E-state index contributed by atoms with van der Waals surface area (Å²) < 4.78 is 1.75. The zero-order valence-electron chi connectivity index (χ0n) is 16.4. The predicted octanol–water partition coefficient (Wildman–Crippen LogP) is 3.23. The number of imide groups is 1. The second-order valence-corrected chi connectivity index (χ2v) is 8.71. The van der Waals surface area contributed by atoms with Gasteiger partial charge in [0.1, 0.15) is 0 Å². The van der Waals surface area contributed by atoms with Gasteiger partial charge >= 0.3 is 6.03 Å². The molecule has 1 heterocycles. The number of benzene rings is 1. The van der Waals surface area contributed by atoms with Gasteiger partial charge in [-0.1, -0.05) is 36.7 Å². The minimum Gasteiger partial charge on any atom is -0.336 e. The summed E-state index contributed by atoms with van der Waals surface area (Å²) in [5.41, 5.74) is 0.555. The Morgan fingerprint density at radius 2 is 1.86 bits per heavy atom. The van der Waals surface area contributed by atoms with E-state index in [0.29, 0.717) is 16.1 Å². The Balaban J connectivity index is 1.89. The summed E-state index contributed by atoms with van der Waals surface area (Å²) in [4.78, 5) is 42.0. The molecule has 1 aromatic heterocycles. The molecule has 8 heteroatoms. The van der Waals surface area contributed by atoms with Gasteiger partial charge in [0, 0.05) is 12.1 Å². The van der Waals surface area contributed by atoms with Crippen LogP contribution in [0.25, 0.3) is 10.9 Å². The SMILES string of the molecule is CC(C)NC(=O)NC(=O)[C@@H](C)Sc1nc2ccccc2c(=O)n1C1CCCC1. The molecule has 0 bridgehead atoms. The average Bonchev–Trinajstić information content (AvgIpc) is 3.15. The van der Waals surface area contributed by atoms with Crippen molar-refractivity contribution in [3.8, 4) is 0 Å². The quantitative estimate of drug-likeness (QED) is 0.592. The average molecular weight is 403 g/mol. The number of carbonyl (C=O) groups is 2. The molecule has 1 fully saturated rings. The first-order valence-electron chi connectivity index (χ1n) is 9.66. The number of amides is 3. The Hall–Kier alpha value is -2.35. The molecule has 0 saturated heterocycles. The Morgan fingerprint density at radius 3 is 2.54 bits per heavy atom. The number of fused-ring (bicyclic) bond motifs is 1. The van der Waals surface area contributed by atoms with Crippen LogP contribution in [0.4, 0.5) is 4.79 Å². The fourth-order valence-electron chi connectivity index (χ4n) is 3.42. The van der Waals surface area contributed by atoms with E-state index in [1.54, 1.807) is 23.6 Å². The molecule has 1 aliphatic rings. The van der Waals surface area contributed by atoms with Crippen molar-refractivity contribution in [3.05, 3.63) is 34.6 Å². The second-order valence-electron chi connectivity index (χ2n) is 7.40. The van der Waals surface area contributed by atoms with Crippen molar-refractivity contribution in [2.24, 2.45) is 0 Å². The highest BCUT2D eigenvalue weighted by molar-refractivity contribution is 8.00. The monoisotopic (exact) mass is 402 g/mol. The van der Waals surface area contributed by atoms with Crippen molar-refractivity contribution >= 4 is 34.6 Å². The maximum absolute atomic E-state index is 13.1. The maximum Gasteiger partial charge on any atom is 0.321 e. The van der Waals surface area contributed by atoms with Crippen LogP contribution < -0.4 is 16.2 Å². The van der Waals surface area contributed by atoms with Crippen LogP contribution >= 0.6 is 11.8 Å². The van der Waals surface area contributed by atoms with Crippen molar-refractivity contribution in [1.29, 1.82) is 0 Å². The number of thioether (sulfide) groups is 1. The summed E-state index contributed by atoms with van der Waals surface area (Å²) in [5.74, 6) is -0.413. The predicted molar refractivity (Wildman–Crippen MR) is 111 cm³/mol. The van der Waals surface area contributed by atoms with Crippen molar-refractivity contribution in [3.63, 3.8) is 0 Å². The molecule has 1 saturated carbocycles. The third-order valence-corrected chi connectivity index (χ3v) is 5.84. The highest BCUT2D eigenvalue weighted by atomic mass is 32.2. The fourth-order valence-corrected chi connectivity index (χ4v) is 4.40. The number of rotatable bonds is 5.